The van der Waals surface area contributed by atoms with Crippen LogP contribution in [0.25, 0.3) is 10.9 Å². The minimum atomic E-state index is -0.305. The number of aromatic hydroxyl groups is 1. The lowest BCUT2D eigenvalue weighted by atomic mass is 10.1. The summed E-state index contributed by atoms with van der Waals surface area (Å²) in [6, 6.07) is 16.5. The molecule has 0 spiro atoms. The summed E-state index contributed by atoms with van der Waals surface area (Å²) in [7, 11) is 0. The topological polar surface area (TPSA) is 62.2 Å². The molecule has 0 fully saturated rings. The van der Waals surface area contributed by atoms with Crippen molar-refractivity contribution in [1.29, 1.82) is 0 Å². The molecule has 1 amide bonds. The highest BCUT2D eigenvalue weighted by Gasteiger charge is 2.16. The quantitative estimate of drug-likeness (QED) is 0.694. The number of thioether (sulfide) groups is 1. The van der Waals surface area contributed by atoms with Crippen LogP contribution in [0.1, 0.15) is 12.5 Å². The number of aromatic nitrogens is 1. The fourth-order valence-electron chi connectivity index (χ4n) is 2.44. The molecule has 2 aromatic carbocycles. The van der Waals surface area contributed by atoms with E-state index in [1.165, 1.54) is 17.8 Å². The minimum absolute atomic E-state index is 0.125. The normalized spacial score (nSPS) is 12.1. The molecule has 3 aromatic rings. The zero-order valence-electron chi connectivity index (χ0n) is 13.5. The van der Waals surface area contributed by atoms with Crippen molar-refractivity contribution in [3.8, 4) is 5.75 Å². The molecule has 1 aromatic heterocycles. The predicted molar refractivity (Wildman–Crippen MR) is 98.5 cm³/mol. The van der Waals surface area contributed by atoms with Gasteiger partial charge in [-0.3, -0.25) is 4.79 Å². The number of fused-ring (bicyclic) bond motifs is 1. The van der Waals surface area contributed by atoms with E-state index in [1.807, 2.05) is 44.2 Å². The fourth-order valence-corrected chi connectivity index (χ4v) is 3.37. The van der Waals surface area contributed by atoms with Crippen molar-refractivity contribution < 1.29 is 9.90 Å². The van der Waals surface area contributed by atoms with E-state index < -0.39 is 0 Å². The van der Waals surface area contributed by atoms with Crippen molar-refractivity contribution in [2.24, 2.45) is 0 Å². The summed E-state index contributed by atoms with van der Waals surface area (Å²) in [6.07, 6.45) is 0. The molecule has 3 rings (SSSR count). The Morgan fingerprint density at radius 2 is 1.96 bits per heavy atom. The molecule has 0 bridgehead atoms. The summed E-state index contributed by atoms with van der Waals surface area (Å²) in [5.74, 6) is -0.00172. The minimum Gasteiger partial charge on any atom is -0.508 e. The Hall–Kier alpha value is -2.53. The molecule has 0 aliphatic rings. The molecule has 0 saturated heterocycles. The summed E-state index contributed by atoms with van der Waals surface area (Å²) < 4.78 is 0. The highest BCUT2D eigenvalue weighted by Crippen LogP contribution is 2.27. The van der Waals surface area contributed by atoms with Gasteiger partial charge < -0.3 is 10.4 Å². The van der Waals surface area contributed by atoms with Gasteiger partial charge in [0.15, 0.2) is 0 Å². The number of phenols is 1. The van der Waals surface area contributed by atoms with E-state index >= 15 is 0 Å². The number of benzene rings is 2. The first-order valence-electron chi connectivity index (χ1n) is 7.66. The molecule has 5 heteroatoms. The number of anilines is 1. The van der Waals surface area contributed by atoms with E-state index in [9.17, 15) is 9.90 Å². The number of nitrogens with zero attached hydrogens (tertiary/aromatic N) is 1. The predicted octanol–water partition coefficient (Wildman–Crippen LogP) is 4.37. The molecular formula is C19H18N2O2S. The van der Waals surface area contributed by atoms with Gasteiger partial charge in [0, 0.05) is 17.1 Å². The Kier molecular flexibility index (Phi) is 4.71. The van der Waals surface area contributed by atoms with Gasteiger partial charge in [0.05, 0.1) is 15.8 Å². The standard InChI is InChI=1S/C19H18N2O2S/c1-12-10-18(21-17-9-4-3-8-16(12)17)24-13(2)19(23)20-14-6-5-7-15(22)11-14/h3-11,13,22H,1-2H3,(H,20,23)/t13-/m0/s1. The van der Waals surface area contributed by atoms with Crippen LogP contribution in [0.5, 0.6) is 5.75 Å². The number of carbonyl (C=O) groups excluding carboxylic acids is 1. The van der Waals surface area contributed by atoms with Crippen molar-refractivity contribution in [2.75, 3.05) is 5.32 Å². The van der Waals surface area contributed by atoms with Crippen molar-refractivity contribution >= 4 is 34.3 Å². The van der Waals surface area contributed by atoms with E-state index in [4.69, 9.17) is 0 Å². The van der Waals surface area contributed by atoms with Crippen molar-refractivity contribution in [2.45, 2.75) is 24.1 Å². The second-order valence-electron chi connectivity index (χ2n) is 5.59. The number of aryl methyl sites for hydroxylation is 1. The molecule has 1 atom stereocenters. The zero-order valence-corrected chi connectivity index (χ0v) is 14.3. The van der Waals surface area contributed by atoms with Crippen LogP contribution in [0.3, 0.4) is 0 Å². The molecule has 1 heterocycles. The maximum absolute atomic E-state index is 12.3. The number of carbonyl (C=O) groups is 1. The molecule has 0 saturated carbocycles. The van der Waals surface area contributed by atoms with Crippen LogP contribution < -0.4 is 5.32 Å². The van der Waals surface area contributed by atoms with E-state index in [0.717, 1.165) is 21.5 Å². The summed E-state index contributed by atoms with van der Waals surface area (Å²) in [5.41, 5.74) is 2.65. The third kappa shape index (κ3) is 3.68. The number of phenolic OH excluding ortho intramolecular Hbond substituents is 1. The molecule has 24 heavy (non-hydrogen) atoms. The second-order valence-corrected chi connectivity index (χ2v) is 6.96. The van der Waals surface area contributed by atoms with Gasteiger partial charge in [-0.15, -0.1) is 0 Å². The lowest BCUT2D eigenvalue weighted by molar-refractivity contribution is -0.115. The Morgan fingerprint density at radius 3 is 2.75 bits per heavy atom. The summed E-state index contributed by atoms with van der Waals surface area (Å²) in [6.45, 7) is 3.89. The Morgan fingerprint density at radius 1 is 1.17 bits per heavy atom. The van der Waals surface area contributed by atoms with Gasteiger partial charge in [-0.2, -0.15) is 0 Å². The van der Waals surface area contributed by atoms with Crippen LogP contribution in [0.15, 0.2) is 59.6 Å². The van der Waals surface area contributed by atoms with Gasteiger partial charge in [0.1, 0.15) is 5.75 Å². The summed E-state index contributed by atoms with van der Waals surface area (Å²) in [5, 5.41) is 13.9. The molecular weight excluding hydrogens is 320 g/mol. The molecule has 0 radical (unpaired) electrons. The van der Waals surface area contributed by atoms with E-state index in [2.05, 4.69) is 10.3 Å². The number of hydrogen-bond acceptors (Lipinski definition) is 4. The number of para-hydroxylation sites is 1. The van der Waals surface area contributed by atoms with Crippen molar-refractivity contribution in [3.63, 3.8) is 0 Å². The number of amides is 1. The van der Waals surface area contributed by atoms with Crippen molar-refractivity contribution in [3.05, 3.63) is 60.2 Å². The lowest BCUT2D eigenvalue weighted by Crippen LogP contribution is -2.22. The third-order valence-electron chi connectivity index (χ3n) is 3.68. The van der Waals surface area contributed by atoms with Gasteiger partial charge in [0.2, 0.25) is 5.91 Å². The lowest BCUT2D eigenvalue weighted by Gasteiger charge is -2.13. The zero-order chi connectivity index (χ0) is 17.1. The van der Waals surface area contributed by atoms with Crippen LogP contribution in [0.2, 0.25) is 0 Å². The maximum atomic E-state index is 12.3. The third-order valence-corrected chi connectivity index (χ3v) is 4.70. The molecule has 2 N–H and O–H groups in total. The van der Waals surface area contributed by atoms with E-state index in [-0.39, 0.29) is 16.9 Å². The number of pyridine rings is 1. The smallest absolute Gasteiger partial charge is 0.237 e. The number of rotatable bonds is 4. The monoisotopic (exact) mass is 338 g/mol. The highest BCUT2D eigenvalue weighted by molar-refractivity contribution is 8.00. The Balaban J connectivity index is 1.74. The molecule has 122 valence electrons. The first kappa shape index (κ1) is 16.3. The van der Waals surface area contributed by atoms with E-state index in [1.54, 1.807) is 18.2 Å². The second kappa shape index (κ2) is 6.93. The van der Waals surface area contributed by atoms with Gasteiger partial charge in [0.25, 0.3) is 0 Å². The highest BCUT2D eigenvalue weighted by atomic mass is 32.2. The number of hydrogen-bond donors (Lipinski definition) is 2. The van der Waals surface area contributed by atoms with Crippen LogP contribution >= 0.6 is 11.8 Å². The molecule has 0 aliphatic carbocycles. The summed E-state index contributed by atoms with van der Waals surface area (Å²) in [4.78, 5) is 17.0. The number of nitrogens with one attached hydrogen (secondary N) is 1. The average molecular weight is 338 g/mol. The Labute approximate surface area is 144 Å². The summed E-state index contributed by atoms with van der Waals surface area (Å²) >= 11 is 1.42. The largest absolute Gasteiger partial charge is 0.508 e. The Bertz CT molecular complexity index is 895. The average Bonchev–Trinajstić information content (AvgIpc) is 2.55. The molecule has 4 nitrogen and oxygen atoms in total. The maximum Gasteiger partial charge on any atom is 0.237 e. The van der Waals surface area contributed by atoms with Crippen LogP contribution in [0, 0.1) is 6.92 Å². The first-order valence-corrected chi connectivity index (χ1v) is 8.54. The molecule has 0 unspecified atom stereocenters. The van der Waals surface area contributed by atoms with Gasteiger partial charge in [-0.05, 0) is 43.7 Å². The van der Waals surface area contributed by atoms with Gasteiger partial charge >= 0.3 is 0 Å². The van der Waals surface area contributed by atoms with Gasteiger partial charge in [-0.25, -0.2) is 4.98 Å². The van der Waals surface area contributed by atoms with Crippen LogP contribution in [-0.4, -0.2) is 21.2 Å². The SMILES string of the molecule is Cc1cc(S[C@@H](C)C(=O)Nc2cccc(O)c2)nc2ccccc12. The van der Waals surface area contributed by atoms with Crippen LogP contribution in [0.4, 0.5) is 5.69 Å². The fraction of sp³-hybridized carbons (Fsp3) is 0.158. The van der Waals surface area contributed by atoms with Crippen LogP contribution in [-0.2, 0) is 4.79 Å². The van der Waals surface area contributed by atoms with Crippen molar-refractivity contribution in [1.82, 2.24) is 4.98 Å². The first-order chi connectivity index (χ1) is 11.5. The molecule has 0 aliphatic heterocycles. The van der Waals surface area contributed by atoms with E-state index in [0.29, 0.717) is 5.69 Å². The van der Waals surface area contributed by atoms with Gasteiger partial charge in [-0.1, -0.05) is 36.0 Å².